The van der Waals surface area contributed by atoms with Crippen LogP contribution < -0.4 is 5.32 Å². The highest BCUT2D eigenvalue weighted by Gasteiger charge is 2.29. The standard InChI is InChI=1S/C14H24N2/c1-12-4-6-14(2,7-5-12)10-13-11-15-8-9-16(13)3/h4-6,13,15H,7-11H2,1-3H3. The molecule has 0 spiro atoms. The Balaban J connectivity index is 1.96. The van der Waals surface area contributed by atoms with Crippen LogP contribution in [0, 0.1) is 5.41 Å². The molecule has 1 heterocycles. The molecule has 1 aliphatic carbocycles. The molecule has 0 aromatic rings. The number of likely N-dealkylation sites (N-methyl/N-ethyl adjacent to an activating group) is 1. The minimum atomic E-state index is 0.359. The minimum absolute atomic E-state index is 0.359. The van der Waals surface area contributed by atoms with Crippen LogP contribution in [0.2, 0.25) is 0 Å². The molecule has 16 heavy (non-hydrogen) atoms. The van der Waals surface area contributed by atoms with Crippen LogP contribution >= 0.6 is 0 Å². The molecule has 2 atom stereocenters. The van der Waals surface area contributed by atoms with Gasteiger partial charge in [0.15, 0.2) is 0 Å². The first-order valence-corrected chi connectivity index (χ1v) is 6.36. The second-order valence-corrected chi connectivity index (χ2v) is 5.68. The maximum atomic E-state index is 3.50. The summed E-state index contributed by atoms with van der Waals surface area (Å²) in [6.45, 7) is 8.03. The highest BCUT2D eigenvalue weighted by molar-refractivity contribution is 5.24. The van der Waals surface area contributed by atoms with Crippen LogP contribution in [0.15, 0.2) is 23.8 Å². The number of nitrogens with one attached hydrogen (secondary N) is 1. The summed E-state index contributed by atoms with van der Waals surface area (Å²) in [6.07, 6.45) is 9.51. The zero-order chi connectivity index (χ0) is 11.6. The molecular formula is C14H24N2. The van der Waals surface area contributed by atoms with E-state index in [-0.39, 0.29) is 0 Å². The van der Waals surface area contributed by atoms with Gasteiger partial charge in [-0.05, 0) is 32.2 Å². The van der Waals surface area contributed by atoms with E-state index in [0.29, 0.717) is 11.5 Å². The molecule has 0 saturated carbocycles. The molecule has 0 aromatic carbocycles. The van der Waals surface area contributed by atoms with Crippen molar-refractivity contribution in [1.82, 2.24) is 10.2 Å². The van der Waals surface area contributed by atoms with Crippen LogP contribution in [-0.2, 0) is 0 Å². The zero-order valence-electron chi connectivity index (χ0n) is 10.8. The van der Waals surface area contributed by atoms with Crippen molar-refractivity contribution in [2.75, 3.05) is 26.7 Å². The van der Waals surface area contributed by atoms with E-state index < -0.39 is 0 Å². The topological polar surface area (TPSA) is 15.3 Å². The van der Waals surface area contributed by atoms with Gasteiger partial charge in [-0.1, -0.05) is 30.7 Å². The Labute approximate surface area is 99.4 Å². The molecule has 2 aliphatic rings. The highest BCUT2D eigenvalue weighted by Crippen LogP contribution is 2.35. The lowest BCUT2D eigenvalue weighted by Crippen LogP contribution is -2.50. The Morgan fingerprint density at radius 2 is 2.38 bits per heavy atom. The maximum absolute atomic E-state index is 3.50. The lowest BCUT2D eigenvalue weighted by atomic mass is 9.76. The lowest BCUT2D eigenvalue weighted by molar-refractivity contribution is 0.154. The van der Waals surface area contributed by atoms with Crippen LogP contribution in [0.3, 0.4) is 0 Å². The third-order valence-electron chi connectivity index (χ3n) is 3.99. The van der Waals surface area contributed by atoms with E-state index in [2.05, 4.69) is 49.3 Å². The summed E-state index contributed by atoms with van der Waals surface area (Å²) in [7, 11) is 2.25. The van der Waals surface area contributed by atoms with Crippen molar-refractivity contribution in [1.29, 1.82) is 0 Å². The molecule has 1 saturated heterocycles. The molecule has 0 bridgehead atoms. The van der Waals surface area contributed by atoms with Crippen molar-refractivity contribution in [3.63, 3.8) is 0 Å². The van der Waals surface area contributed by atoms with E-state index in [0.717, 1.165) is 13.1 Å². The lowest BCUT2D eigenvalue weighted by Gasteiger charge is -2.39. The van der Waals surface area contributed by atoms with Crippen LogP contribution in [0.1, 0.15) is 26.7 Å². The molecule has 0 aromatic heterocycles. The molecule has 0 radical (unpaired) electrons. The molecule has 1 N–H and O–H groups in total. The summed E-state index contributed by atoms with van der Waals surface area (Å²) < 4.78 is 0. The predicted octanol–water partition coefficient (Wildman–Crippen LogP) is 2.19. The second kappa shape index (κ2) is 4.72. The molecule has 1 aliphatic heterocycles. The van der Waals surface area contributed by atoms with Crippen LogP contribution in [0.5, 0.6) is 0 Å². The van der Waals surface area contributed by atoms with Gasteiger partial charge < -0.3 is 10.2 Å². The average molecular weight is 220 g/mol. The van der Waals surface area contributed by atoms with Crippen LogP contribution in [-0.4, -0.2) is 37.6 Å². The van der Waals surface area contributed by atoms with Gasteiger partial charge in [-0.15, -0.1) is 0 Å². The average Bonchev–Trinajstić information content (AvgIpc) is 2.27. The van der Waals surface area contributed by atoms with E-state index >= 15 is 0 Å². The third kappa shape index (κ3) is 2.74. The van der Waals surface area contributed by atoms with Gasteiger partial charge in [-0.3, -0.25) is 0 Å². The minimum Gasteiger partial charge on any atom is -0.314 e. The largest absolute Gasteiger partial charge is 0.314 e. The maximum Gasteiger partial charge on any atom is 0.0226 e. The zero-order valence-corrected chi connectivity index (χ0v) is 10.8. The summed E-state index contributed by atoms with van der Waals surface area (Å²) in [5.41, 5.74) is 1.77. The van der Waals surface area contributed by atoms with Gasteiger partial charge in [0.2, 0.25) is 0 Å². The number of allylic oxidation sites excluding steroid dienone is 4. The summed E-state index contributed by atoms with van der Waals surface area (Å²) in [4.78, 5) is 2.50. The number of rotatable bonds is 2. The number of nitrogens with zero attached hydrogens (tertiary/aromatic N) is 1. The Hall–Kier alpha value is -0.600. The molecular weight excluding hydrogens is 196 g/mol. The van der Waals surface area contributed by atoms with Gasteiger partial charge >= 0.3 is 0 Å². The number of hydrogen-bond donors (Lipinski definition) is 1. The molecule has 2 nitrogen and oxygen atoms in total. The normalized spacial score (nSPS) is 36.2. The van der Waals surface area contributed by atoms with Gasteiger partial charge in [-0.2, -0.15) is 0 Å². The molecule has 2 unspecified atom stereocenters. The van der Waals surface area contributed by atoms with Gasteiger partial charge in [0.25, 0.3) is 0 Å². The quantitative estimate of drug-likeness (QED) is 0.767. The Kier molecular flexibility index (Phi) is 3.50. The summed E-state index contributed by atoms with van der Waals surface area (Å²) >= 11 is 0. The van der Waals surface area contributed by atoms with Crippen molar-refractivity contribution in [3.8, 4) is 0 Å². The second-order valence-electron chi connectivity index (χ2n) is 5.68. The van der Waals surface area contributed by atoms with E-state index in [1.54, 1.807) is 0 Å². The molecule has 2 rings (SSSR count). The van der Waals surface area contributed by atoms with Crippen LogP contribution in [0.4, 0.5) is 0 Å². The third-order valence-corrected chi connectivity index (χ3v) is 3.99. The van der Waals surface area contributed by atoms with Gasteiger partial charge in [0.05, 0.1) is 0 Å². The first-order chi connectivity index (χ1) is 7.59. The number of hydrogen-bond acceptors (Lipinski definition) is 2. The Morgan fingerprint density at radius 1 is 1.56 bits per heavy atom. The first kappa shape index (κ1) is 11.9. The fourth-order valence-corrected chi connectivity index (χ4v) is 2.64. The first-order valence-electron chi connectivity index (χ1n) is 6.36. The molecule has 0 amide bonds. The van der Waals surface area contributed by atoms with Gasteiger partial charge in [-0.25, -0.2) is 0 Å². The number of piperazine rings is 1. The van der Waals surface area contributed by atoms with E-state index in [1.807, 2.05) is 0 Å². The summed E-state index contributed by atoms with van der Waals surface area (Å²) in [6, 6.07) is 0.690. The van der Waals surface area contributed by atoms with E-state index in [4.69, 9.17) is 0 Å². The Morgan fingerprint density at radius 3 is 3.00 bits per heavy atom. The fraction of sp³-hybridized carbons (Fsp3) is 0.714. The highest BCUT2D eigenvalue weighted by atomic mass is 15.2. The summed E-state index contributed by atoms with van der Waals surface area (Å²) in [5.74, 6) is 0. The van der Waals surface area contributed by atoms with Gasteiger partial charge in [0, 0.05) is 25.7 Å². The predicted molar refractivity (Wildman–Crippen MR) is 69.5 cm³/mol. The van der Waals surface area contributed by atoms with Crippen molar-refractivity contribution in [3.05, 3.63) is 23.8 Å². The molecule has 2 heteroatoms. The van der Waals surface area contributed by atoms with E-state index in [9.17, 15) is 0 Å². The van der Waals surface area contributed by atoms with Gasteiger partial charge in [0.1, 0.15) is 0 Å². The van der Waals surface area contributed by atoms with Crippen molar-refractivity contribution < 1.29 is 0 Å². The fourth-order valence-electron chi connectivity index (χ4n) is 2.64. The summed E-state index contributed by atoms with van der Waals surface area (Å²) in [5, 5.41) is 3.50. The van der Waals surface area contributed by atoms with Crippen molar-refractivity contribution >= 4 is 0 Å². The van der Waals surface area contributed by atoms with E-state index in [1.165, 1.54) is 25.0 Å². The smallest absolute Gasteiger partial charge is 0.0226 e. The van der Waals surface area contributed by atoms with Crippen LogP contribution in [0.25, 0.3) is 0 Å². The van der Waals surface area contributed by atoms with Crippen molar-refractivity contribution in [2.24, 2.45) is 5.41 Å². The Bertz CT molecular complexity index is 306. The molecule has 1 fully saturated rings. The molecule has 90 valence electrons. The monoisotopic (exact) mass is 220 g/mol. The SMILES string of the molecule is CC1=CCC(C)(CC2CNCCN2C)C=C1. The van der Waals surface area contributed by atoms with Crippen molar-refractivity contribution in [2.45, 2.75) is 32.7 Å².